The zero-order valence-electron chi connectivity index (χ0n) is 18.8. The number of amides is 1. The van der Waals surface area contributed by atoms with E-state index >= 15 is 0 Å². The van der Waals surface area contributed by atoms with Gasteiger partial charge in [-0.3, -0.25) is 19.5 Å². The summed E-state index contributed by atoms with van der Waals surface area (Å²) in [6.07, 6.45) is -1.62. The first-order valence-corrected chi connectivity index (χ1v) is 9.76. The van der Waals surface area contributed by atoms with E-state index in [0.717, 1.165) is 4.90 Å². The molecule has 1 aromatic heterocycles. The molecule has 1 amide bonds. The number of aromatic amines is 1. The van der Waals surface area contributed by atoms with Crippen molar-refractivity contribution in [1.82, 2.24) is 14.9 Å². The van der Waals surface area contributed by atoms with Crippen molar-refractivity contribution < 1.29 is 24.2 Å². The van der Waals surface area contributed by atoms with Crippen LogP contribution in [0.15, 0.2) is 9.79 Å². The molecule has 31 heavy (non-hydrogen) atoms. The Morgan fingerprint density at radius 2 is 2.03 bits per heavy atom. The summed E-state index contributed by atoms with van der Waals surface area (Å²) in [5, 5.41) is 13.7. The first-order valence-electron chi connectivity index (χ1n) is 9.76. The van der Waals surface area contributed by atoms with Crippen LogP contribution in [-0.2, 0) is 14.3 Å². The zero-order chi connectivity index (χ0) is 23.5. The number of carbonyl (C=O) groups is 2. The molecule has 172 valence electrons. The third-order valence-electron chi connectivity index (χ3n) is 4.16. The number of H-pyrrole nitrogens is 1. The number of anilines is 2. The van der Waals surface area contributed by atoms with Crippen LogP contribution >= 0.6 is 0 Å². The number of carbonyl (C=O) groups excluding carboxylic acids is 2. The predicted octanol–water partition coefficient (Wildman–Crippen LogP) is 0.839. The van der Waals surface area contributed by atoms with E-state index in [1.165, 1.54) is 20.2 Å². The molecule has 3 atom stereocenters. The molecule has 0 spiro atoms. The fraction of sp³-hybridized carbons (Fsp3) is 0.632. The summed E-state index contributed by atoms with van der Waals surface area (Å²) in [7, 11) is 3.53. The van der Waals surface area contributed by atoms with Crippen LogP contribution in [0.3, 0.4) is 0 Å². The maximum Gasteiger partial charge on any atom is 0.415 e. The Balaban J connectivity index is 2.52. The summed E-state index contributed by atoms with van der Waals surface area (Å²) >= 11 is 0. The van der Waals surface area contributed by atoms with Gasteiger partial charge in [-0.25, -0.2) is 9.79 Å². The molecule has 0 aromatic carbocycles. The van der Waals surface area contributed by atoms with Gasteiger partial charge >= 0.3 is 12.1 Å². The summed E-state index contributed by atoms with van der Waals surface area (Å²) in [4.78, 5) is 50.8. The predicted molar refractivity (Wildman–Crippen MR) is 115 cm³/mol. The number of fused-ring (bicyclic) bond motifs is 1. The lowest BCUT2D eigenvalue weighted by atomic mass is 10.0. The van der Waals surface area contributed by atoms with Crippen LogP contribution in [0.5, 0.6) is 0 Å². The van der Waals surface area contributed by atoms with Gasteiger partial charge in [0.15, 0.2) is 11.5 Å². The second-order valence-corrected chi connectivity index (χ2v) is 8.40. The molecule has 1 aliphatic rings. The summed E-state index contributed by atoms with van der Waals surface area (Å²) in [5.41, 5.74) is -1.62. The SMILES string of the molecule is CC(=O)O[C@@H](C)[C@H](O)C1CNc2nc(N=CN(C)C)[nH]c(=O)c2N1C(=O)OC(C)(C)C. The number of aliphatic hydroxyl groups is 1. The highest BCUT2D eigenvalue weighted by molar-refractivity contribution is 5.93. The molecular formula is C19H30N6O6. The number of hydrogen-bond acceptors (Lipinski definition) is 9. The van der Waals surface area contributed by atoms with Crippen molar-refractivity contribution in [3.8, 4) is 0 Å². The van der Waals surface area contributed by atoms with Gasteiger partial charge in [-0.15, -0.1) is 0 Å². The van der Waals surface area contributed by atoms with E-state index in [0.29, 0.717) is 0 Å². The van der Waals surface area contributed by atoms with E-state index in [-0.39, 0.29) is 24.0 Å². The third kappa shape index (κ3) is 6.17. The molecule has 0 aliphatic carbocycles. The molecule has 2 heterocycles. The number of rotatable bonds is 5. The third-order valence-corrected chi connectivity index (χ3v) is 4.16. The van der Waals surface area contributed by atoms with Gasteiger partial charge in [0.2, 0.25) is 5.95 Å². The van der Waals surface area contributed by atoms with Gasteiger partial charge < -0.3 is 24.8 Å². The molecule has 12 nitrogen and oxygen atoms in total. The lowest BCUT2D eigenvalue weighted by Gasteiger charge is -2.40. The van der Waals surface area contributed by atoms with E-state index in [4.69, 9.17) is 9.47 Å². The number of aliphatic hydroxyl groups excluding tert-OH is 1. The molecule has 1 unspecified atom stereocenters. The number of hydrogen-bond donors (Lipinski definition) is 3. The van der Waals surface area contributed by atoms with Crippen LogP contribution in [0.1, 0.15) is 34.6 Å². The summed E-state index contributed by atoms with van der Waals surface area (Å²) in [6.45, 7) is 7.80. The molecule has 2 rings (SSSR count). The minimum atomic E-state index is -1.30. The molecule has 0 fully saturated rings. The molecule has 1 aliphatic heterocycles. The Labute approximate surface area is 180 Å². The average Bonchev–Trinajstić information content (AvgIpc) is 2.62. The van der Waals surface area contributed by atoms with Crippen LogP contribution in [0.4, 0.5) is 22.2 Å². The van der Waals surface area contributed by atoms with Crippen molar-refractivity contribution >= 4 is 35.9 Å². The summed E-state index contributed by atoms with van der Waals surface area (Å²) in [5.74, 6) is -0.423. The van der Waals surface area contributed by atoms with E-state index in [2.05, 4.69) is 20.3 Å². The van der Waals surface area contributed by atoms with Crippen molar-refractivity contribution in [2.24, 2.45) is 4.99 Å². The molecule has 1 aromatic rings. The molecule has 0 radical (unpaired) electrons. The molecule has 0 saturated carbocycles. The van der Waals surface area contributed by atoms with Gasteiger partial charge in [-0.05, 0) is 27.7 Å². The van der Waals surface area contributed by atoms with E-state index < -0.39 is 41.5 Å². The number of ether oxygens (including phenoxy) is 2. The largest absolute Gasteiger partial charge is 0.460 e. The Morgan fingerprint density at radius 1 is 1.39 bits per heavy atom. The summed E-state index contributed by atoms with van der Waals surface area (Å²) < 4.78 is 10.5. The first-order chi connectivity index (χ1) is 14.3. The van der Waals surface area contributed by atoms with Crippen LogP contribution in [0.2, 0.25) is 0 Å². The minimum absolute atomic E-state index is 0.0340. The number of aromatic nitrogens is 2. The number of nitrogens with one attached hydrogen (secondary N) is 2. The monoisotopic (exact) mass is 438 g/mol. The maximum atomic E-state index is 13.0. The number of esters is 1. The Hall–Kier alpha value is -3.15. The summed E-state index contributed by atoms with van der Waals surface area (Å²) in [6, 6.07) is -0.962. The average molecular weight is 438 g/mol. The van der Waals surface area contributed by atoms with Gasteiger partial charge in [0, 0.05) is 27.6 Å². The normalized spacial score (nSPS) is 18.1. The molecule has 12 heteroatoms. The number of nitrogens with zero attached hydrogens (tertiary/aromatic N) is 4. The van der Waals surface area contributed by atoms with Crippen molar-refractivity contribution in [3.05, 3.63) is 10.4 Å². The Kier molecular flexibility index (Phi) is 7.26. The van der Waals surface area contributed by atoms with Crippen LogP contribution in [0, 0.1) is 0 Å². The van der Waals surface area contributed by atoms with Crippen LogP contribution in [0.25, 0.3) is 0 Å². The minimum Gasteiger partial charge on any atom is -0.460 e. The second-order valence-electron chi connectivity index (χ2n) is 8.40. The van der Waals surface area contributed by atoms with Gasteiger partial charge in [-0.2, -0.15) is 4.98 Å². The maximum absolute atomic E-state index is 13.0. The highest BCUT2D eigenvalue weighted by Crippen LogP contribution is 2.31. The van der Waals surface area contributed by atoms with E-state index in [1.807, 2.05) is 0 Å². The molecule has 0 saturated heterocycles. The fourth-order valence-corrected chi connectivity index (χ4v) is 2.95. The highest BCUT2D eigenvalue weighted by Gasteiger charge is 2.42. The van der Waals surface area contributed by atoms with Crippen molar-refractivity contribution in [3.63, 3.8) is 0 Å². The van der Waals surface area contributed by atoms with Crippen LogP contribution in [-0.4, -0.2) is 82.9 Å². The van der Waals surface area contributed by atoms with Gasteiger partial charge in [0.05, 0.1) is 12.4 Å². The quantitative estimate of drug-likeness (QED) is 0.345. The fourth-order valence-electron chi connectivity index (χ4n) is 2.95. The van der Waals surface area contributed by atoms with Gasteiger partial charge in [-0.1, -0.05) is 0 Å². The second kappa shape index (κ2) is 9.33. The molecule has 3 N–H and O–H groups in total. The Morgan fingerprint density at radius 3 is 2.58 bits per heavy atom. The van der Waals surface area contributed by atoms with Crippen molar-refractivity contribution in [2.75, 3.05) is 30.9 Å². The number of aliphatic imine (C=N–C) groups is 1. The highest BCUT2D eigenvalue weighted by atomic mass is 16.6. The van der Waals surface area contributed by atoms with Gasteiger partial charge in [0.25, 0.3) is 5.56 Å². The topological polar surface area (TPSA) is 149 Å². The molecule has 0 bridgehead atoms. The van der Waals surface area contributed by atoms with Crippen molar-refractivity contribution in [1.29, 1.82) is 0 Å². The van der Waals surface area contributed by atoms with Gasteiger partial charge in [0.1, 0.15) is 17.8 Å². The van der Waals surface area contributed by atoms with E-state index in [1.54, 1.807) is 39.8 Å². The first kappa shape index (κ1) is 24.1. The van der Waals surface area contributed by atoms with E-state index in [9.17, 15) is 19.5 Å². The lowest BCUT2D eigenvalue weighted by Crippen LogP contribution is -2.59. The standard InChI is InChI=1S/C19H30N6O6/c1-10(30-11(2)26)14(27)12-8-20-15-13(25(12)18(29)31-19(3,4)5)16(28)23-17(22-15)21-9-24(6)7/h9-10,12,14,27H,8H2,1-7H3,(H2,20,22,23,28)/t10-,12?,14-/m0/s1. The molecular weight excluding hydrogens is 408 g/mol. The zero-order valence-corrected chi connectivity index (χ0v) is 18.8. The Bertz CT molecular complexity index is 906. The van der Waals surface area contributed by atoms with Crippen LogP contribution < -0.4 is 15.8 Å². The van der Waals surface area contributed by atoms with Crippen molar-refractivity contribution in [2.45, 2.75) is 58.5 Å². The lowest BCUT2D eigenvalue weighted by molar-refractivity contribution is -0.151. The smallest absolute Gasteiger partial charge is 0.415 e.